The quantitative estimate of drug-likeness (QED) is 0.657. The fourth-order valence-electron chi connectivity index (χ4n) is 4.63. The summed E-state index contributed by atoms with van der Waals surface area (Å²) >= 11 is 1.89. The van der Waals surface area contributed by atoms with E-state index in [4.69, 9.17) is 4.98 Å². The van der Waals surface area contributed by atoms with Gasteiger partial charge in [-0.2, -0.15) is 0 Å². The predicted molar refractivity (Wildman–Crippen MR) is 114 cm³/mol. The van der Waals surface area contributed by atoms with Gasteiger partial charge in [0.1, 0.15) is 17.0 Å². The molecule has 0 N–H and O–H groups in total. The lowest BCUT2D eigenvalue weighted by atomic mass is 9.97. The van der Waals surface area contributed by atoms with Crippen LogP contribution in [0.4, 0.5) is 11.5 Å². The summed E-state index contributed by atoms with van der Waals surface area (Å²) < 4.78 is 0. The topological polar surface area (TPSA) is 32.3 Å². The molecule has 0 unspecified atom stereocenters. The Balaban J connectivity index is 1.42. The molecule has 0 atom stereocenters. The molecule has 2 aliphatic rings. The number of aromatic nitrogens is 2. The Morgan fingerprint density at radius 1 is 0.926 bits per heavy atom. The Labute approximate surface area is 164 Å². The summed E-state index contributed by atoms with van der Waals surface area (Å²) in [5.41, 5.74) is 5.62. The van der Waals surface area contributed by atoms with E-state index >= 15 is 0 Å². The van der Waals surface area contributed by atoms with E-state index in [2.05, 4.69) is 46.8 Å². The van der Waals surface area contributed by atoms with Gasteiger partial charge < -0.3 is 9.80 Å². The first kappa shape index (κ1) is 17.0. The van der Waals surface area contributed by atoms with Gasteiger partial charge >= 0.3 is 0 Å². The van der Waals surface area contributed by atoms with Crippen LogP contribution in [0.3, 0.4) is 0 Å². The Kier molecular flexibility index (Phi) is 4.27. The van der Waals surface area contributed by atoms with E-state index in [0.29, 0.717) is 0 Å². The highest BCUT2D eigenvalue weighted by Gasteiger charge is 2.25. The molecular formula is C22H26N4S. The molecule has 27 heavy (non-hydrogen) atoms. The maximum Gasteiger partial charge on any atom is 0.141 e. The standard InChI is InChI=1S/C22H26N4S/c1-15-7-8-18(16(2)13-15)25-9-11-26(12-10-25)21-20-17-5-3-4-6-19(17)27-22(20)24-14-23-21/h7-8,13-14H,3-6,9-12H2,1-2H3. The van der Waals surface area contributed by atoms with Gasteiger partial charge in [-0.25, -0.2) is 9.97 Å². The fourth-order valence-corrected chi connectivity index (χ4v) is 5.86. The van der Waals surface area contributed by atoms with Gasteiger partial charge in [0.2, 0.25) is 0 Å². The van der Waals surface area contributed by atoms with E-state index in [1.807, 2.05) is 11.3 Å². The Morgan fingerprint density at radius 2 is 1.70 bits per heavy atom. The van der Waals surface area contributed by atoms with Crippen molar-refractivity contribution in [2.45, 2.75) is 39.5 Å². The van der Waals surface area contributed by atoms with Crippen molar-refractivity contribution < 1.29 is 0 Å². The first-order valence-corrected chi connectivity index (χ1v) is 10.8. The summed E-state index contributed by atoms with van der Waals surface area (Å²) in [6, 6.07) is 6.78. The number of nitrogens with zero attached hydrogens (tertiary/aromatic N) is 4. The number of aryl methyl sites for hydroxylation is 4. The summed E-state index contributed by atoms with van der Waals surface area (Å²) in [6.07, 6.45) is 6.79. The monoisotopic (exact) mass is 378 g/mol. The number of hydrogen-bond donors (Lipinski definition) is 0. The molecule has 3 aromatic rings. The molecule has 0 radical (unpaired) electrons. The van der Waals surface area contributed by atoms with Crippen molar-refractivity contribution in [3.63, 3.8) is 0 Å². The molecule has 1 aromatic carbocycles. The van der Waals surface area contributed by atoms with Crippen molar-refractivity contribution in [3.8, 4) is 0 Å². The number of thiophene rings is 1. The Morgan fingerprint density at radius 3 is 2.52 bits per heavy atom. The minimum atomic E-state index is 1.02. The van der Waals surface area contributed by atoms with Crippen molar-refractivity contribution in [3.05, 3.63) is 46.1 Å². The zero-order valence-electron chi connectivity index (χ0n) is 16.2. The van der Waals surface area contributed by atoms with Crippen molar-refractivity contribution >= 4 is 33.1 Å². The third-order valence-corrected chi connectivity index (χ3v) is 7.20. The molecule has 140 valence electrons. The highest BCUT2D eigenvalue weighted by atomic mass is 32.1. The molecule has 5 heteroatoms. The molecule has 0 amide bonds. The minimum absolute atomic E-state index is 1.02. The molecule has 3 heterocycles. The van der Waals surface area contributed by atoms with Crippen molar-refractivity contribution in [1.82, 2.24) is 9.97 Å². The van der Waals surface area contributed by atoms with E-state index in [1.54, 1.807) is 11.2 Å². The number of benzene rings is 1. The number of rotatable bonds is 2. The van der Waals surface area contributed by atoms with Gasteiger partial charge in [-0.15, -0.1) is 11.3 Å². The van der Waals surface area contributed by atoms with Crippen LogP contribution < -0.4 is 9.80 Å². The number of hydrogen-bond acceptors (Lipinski definition) is 5. The van der Waals surface area contributed by atoms with Gasteiger partial charge in [-0.05, 0) is 56.7 Å². The van der Waals surface area contributed by atoms with Crippen LogP contribution in [-0.2, 0) is 12.8 Å². The highest BCUT2D eigenvalue weighted by molar-refractivity contribution is 7.19. The van der Waals surface area contributed by atoms with Crippen LogP contribution in [0.1, 0.15) is 34.4 Å². The van der Waals surface area contributed by atoms with Crippen molar-refractivity contribution in [2.75, 3.05) is 36.0 Å². The van der Waals surface area contributed by atoms with E-state index in [-0.39, 0.29) is 0 Å². The average molecular weight is 379 g/mol. The predicted octanol–water partition coefficient (Wildman–Crippen LogP) is 4.51. The lowest BCUT2D eigenvalue weighted by molar-refractivity contribution is 0.647. The zero-order valence-corrected chi connectivity index (χ0v) is 17.0. The molecule has 1 fully saturated rings. The maximum atomic E-state index is 4.74. The van der Waals surface area contributed by atoms with Gasteiger partial charge in [-0.1, -0.05) is 17.7 Å². The average Bonchev–Trinajstić information content (AvgIpc) is 3.07. The fraction of sp³-hybridized carbons (Fsp3) is 0.455. The second kappa shape index (κ2) is 6.79. The molecule has 4 nitrogen and oxygen atoms in total. The number of fused-ring (bicyclic) bond motifs is 3. The van der Waals surface area contributed by atoms with Crippen LogP contribution in [0.2, 0.25) is 0 Å². The van der Waals surface area contributed by atoms with Gasteiger partial charge in [0, 0.05) is 36.7 Å². The van der Waals surface area contributed by atoms with Gasteiger partial charge in [-0.3, -0.25) is 0 Å². The molecule has 0 spiro atoms. The van der Waals surface area contributed by atoms with Gasteiger partial charge in [0.15, 0.2) is 0 Å². The molecular weight excluding hydrogens is 352 g/mol. The lowest BCUT2D eigenvalue weighted by Crippen LogP contribution is -2.47. The smallest absolute Gasteiger partial charge is 0.141 e. The van der Waals surface area contributed by atoms with E-state index < -0.39 is 0 Å². The van der Waals surface area contributed by atoms with Crippen LogP contribution in [0.15, 0.2) is 24.5 Å². The summed E-state index contributed by atoms with van der Waals surface area (Å²) in [6.45, 7) is 8.51. The SMILES string of the molecule is Cc1ccc(N2CCN(c3ncnc4sc5c(c34)CCCC5)CC2)c(C)c1. The number of piperazine rings is 1. The zero-order chi connectivity index (χ0) is 18.4. The molecule has 5 rings (SSSR count). The third-order valence-electron chi connectivity index (χ3n) is 6.00. The Bertz CT molecular complexity index is 985. The highest BCUT2D eigenvalue weighted by Crippen LogP contribution is 2.39. The Hall–Kier alpha value is -2.14. The second-order valence-electron chi connectivity index (χ2n) is 7.85. The second-order valence-corrected chi connectivity index (χ2v) is 8.94. The summed E-state index contributed by atoms with van der Waals surface area (Å²) in [4.78, 5) is 17.1. The van der Waals surface area contributed by atoms with Crippen LogP contribution in [0, 0.1) is 13.8 Å². The first-order valence-electron chi connectivity index (χ1n) is 10.0. The van der Waals surface area contributed by atoms with Crippen LogP contribution in [-0.4, -0.2) is 36.1 Å². The molecule has 1 aliphatic heterocycles. The van der Waals surface area contributed by atoms with Crippen LogP contribution >= 0.6 is 11.3 Å². The molecule has 1 aliphatic carbocycles. The summed E-state index contributed by atoms with van der Waals surface area (Å²) in [7, 11) is 0. The van der Waals surface area contributed by atoms with E-state index in [0.717, 1.165) is 26.2 Å². The van der Waals surface area contributed by atoms with E-state index in [9.17, 15) is 0 Å². The number of anilines is 2. The first-order chi connectivity index (χ1) is 13.2. The minimum Gasteiger partial charge on any atom is -0.368 e. The maximum absolute atomic E-state index is 4.74. The van der Waals surface area contributed by atoms with Crippen molar-refractivity contribution in [1.29, 1.82) is 0 Å². The normalized spacial score (nSPS) is 17.4. The van der Waals surface area contributed by atoms with Crippen LogP contribution in [0.5, 0.6) is 0 Å². The summed E-state index contributed by atoms with van der Waals surface area (Å²) in [5, 5.41) is 1.34. The van der Waals surface area contributed by atoms with Crippen molar-refractivity contribution in [2.24, 2.45) is 0 Å². The molecule has 1 saturated heterocycles. The molecule has 0 saturated carbocycles. The lowest BCUT2D eigenvalue weighted by Gasteiger charge is -2.37. The third kappa shape index (κ3) is 2.98. The van der Waals surface area contributed by atoms with E-state index in [1.165, 1.54) is 64.1 Å². The van der Waals surface area contributed by atoms with Gasteiger partial charge in [0.05, 0.1) is 5.39 Å². The molecule has 0 bridgehead atoms. The summed E-state index contributed by atoms with van der Waals surface area (Å²) in [5.74, 6) is 1.17. The van der Waals surface area contributed by atoms with Gasteiger partial charge in [0.25, 0.3) is 0 Å². The van der Waals surface area contributed by atoms with Crippen LogP contribution in [0.25, 0.3) is 10.2 Å². The largest absolute Gasteiger partial charge is 0.368 e. The molecule has 2 aromatic heterocycles.